The lowest BCUT2D eigenvalue weighted by atomic mass is 9.78. The van der Waals surface area contributed by atoms with Gasteiger partial charge >= 0.3 is 11.4 Å². The van der Waals surface area contributed by atoms with E-state index in [1.165, 1.54) is 0 Å². The first-order valence-corrected chi connectivity index (χ1v) is 5.75. The van der Waals surface area contributed by atoms with E-state index in [0.29, 0.717) is 17.8 Å². The van der Waals surface area contributed by atoms with Gasteiger partial charge in [0.25, 0.3) is 0 Å². The van der Waals surface area contributed by atoms with E-state index in [0.717, 1.165) is 16.7 Å². The lowest BCUT2D eigenvalue weighted by molar-refractivity contribution is -0.00818. The summed E-state index contributed by atoms with van der Waals surface area (Å²) < 4.78 is 0. The Morgan fingerprint density at radius 2 is 2.06 bits per heavy atom. The van der Waals surface area contributed by atoms with Crippen molar-refractivity contribution in [3.8, 4) is 0 Å². The van der Waals surface area contributed by atoms with Crippen LogP contribution >= 0.6 is 0 Å². The van der Waals surface area contributed by atoms with Crippen molar-refractivity contribution in [2.75, 3.05) is 0 Å². The number of allylic oxidation sites excluding steroid dienone is 10. The molecule has 0 aliphatic heterocycles. The second kappa shape index (κ2) is 4.04. The molecule has 3 aliphatic carbocycles. The average molecular weight is 234 g/mol. The minimum absolute atomic E-state index is 0.0676. The maximum atomic E-state index is 9.03. The maximum Gasteiger partial charge on any atom is 0.303 e. The topological polar surface area (TPSA) is 72.8 Å². The molecule has 1 unspecified atom stereocenters. The molecular weight excluding hydrogens is 224 g/mol. The summed E-state index contributed by atoms with van der Waals surface area (Å²) in [4.78, 5) is 6.65. The molecule has 3 aliphatic rings. The fourth-order valence-electron chi connectivity index (χ4n) is 2.47. The van der Waals surface area contributed by atoms with E-state index in [2.05, 4.69) is 9.58 Å². The second-order valence-electron chi connectivity index (χ2n) is 4.36. The molecule has 1 atom stereocenters. The normalized spacial score (nSPS) is 24.2. The van der Waals surface area contributed by atoms with Gasteiger partial charge in [0.1, 0.15) is 5.92 Å². The second-order valence-corrected chi connectivity index (χ2v) is 4.36. The third kappa shape index (κ3) is 1.49. The molecule has 0 bridgehead atoms. The van der Waals surface area contributed by atoms with Gasteiger partial charge in [-0.15, -0.1) is 0 Å². The molecule has 4 heteroatoms. The molecule has 0 fully saturated rings. The van der Waals surface area contributed by atoms with E-state index in [1.54, 1.807) is 6.08 Å². The molecule has 0 radical (unpaired) electrons. The molecule has 0 spiro atoms. The summed E-state index contributed by atoms with van der Waals surface area (Å²) in [5.41, 5.74) is 22.3. The molecule has 18 heavy (non-hydrogen) atoms. The molecule has 0 saturated carbocycles. The quantitative estimate of drug-likeness (QED) is 0.455. The molecule has 0 amide bonds. The number of hydrogen-bond acceptors (Lipinski definition) is 0. The first kappa shape index (κ1) is 10.6. The highest BCUT2D eigenvalue weighted by atomic mass is 14.9. The van der Waals surface area contributed by atoms with Gasteiger partial charge in [0, 0.05) is 6.08 Å². The zero-order valence-electron chi connectivity index (χ0n) is 9.61. The SMILES string of the molecule is [N-]=[N+]=C1CC=CC2=CC3=CC=CC(=[N+]=[N-])C3C=C21. The lowest BCUT2D eigenvalue weighted by Gasteiger charge is -2.21. The molecule has 0 N–H and O–H groups in total. The van der Waals surface area contributed by atoms with E-state index in [4.69, 9.17) is 11.1 Å². The molecule has 3 rings (SSSR count). The van der Waals surface area contributed by atoms with Crippen LogP contribution in [0.4, 0.5) is 0 Å². The number of fused-ring (bicyclic) bond motifs is 2. The molecule has 4 nitrogen and oxygen atoms in total. The van der Waals surface area contributed by atoms with Gasteiger partial charge in [-0.25, -0.2) is 0 Å². The summed E-state index contributed by atoms with van der Waals surface area (Å²) in [7, 11) is 0. The predicted molar refractivity (Wildman–Crippen MR) is 67.9 cm³/mol. The standard InChI is InChI=1S/C14H10N4/c15-17-13-5-1-3-9-7-10-4-2-6-14(18-16)12(10)8-11(9)13/h1-5,7-8,11H,6H2. The van der Waals surface area contributed by atoms with Crippen LogP contribution in [0.2, 0.25) is 0 Å². The first-order valence-electron chi connectivity index (χ1n) is 5.75. The molecule has 86 valence electrons. The third-order valence-electron chi connectivity index (χ3n) is 3.36. The number of nitrogens with zero attached hydrogens (tertiary/aromatic N) is 4. The Kier molecular flexibility index (Phi) is 2.38. The van der Waals surface area contributed by atoms with E-state index >= 15 is 0 Å². The minimum atomic E-state index is -0.0676. The van der Waals surface area contributed by atoms with Crippen molar-refractivity contribution in [3.63, 3.8) is 0 Å². The van der Waals surface area contributed by atoms with Crippen molar-refractivity contribution >= 4 is 11.4 Å². The monoisotopic (exact) mass is 234 g/mol. The van der Waals surface area contributed by atoms with Gasteiger partial charge in [-0.05, 0) is 23.3 Å². The maximum absolute atomic E-state index is 9.03. The van der Waals surface area contributed by atoms with Crippen LogP contribution in [0.3, 0.4) is 0 Å². The Morgan fingerprint density at radius 1 is 1.17 bits per heavy atom. The van der Waals surface area contributed by atoms with Crippen LogP contribution in [0.25, 0.3) is 11.1 Å². The van der Waals surface area contributed by atoms with Crippen LogP contribution in [0.1, 0.15) is 6.42 Å². The van der Waals surface area contributed by atoms with Crippen LogP contribution in [0.5, 0.6) is 0 Å². The van der Waals surface area contributed by atoms with E-state index in [-0.39, 0.29) is 5.92 Å². The Labute approximate surface area is 104 Å². The van der Waals surface area contributed by atoms with E-state index in [9.17, 15) is 0 Å². The van der Waals surface area contributed by atoms with Crippen molar-refractivity contribution in [1.29, 1.82) is 0 Å². The minimum Gasteiger partial charge on any atom is -0.361 e. The highest BCUT2D eigenvalue weighted by Gasteiger charge is 2.33. The third-order valence-corrected chi connectivity index (χ3v) is 3.36. The Balaban J connectivity index is 2.19. The summed E-state index contributed by atoms with van der Waals surface area (Å²) in [6.45, 7) is 0. The summed E-state index contributed by atoms with van der Waals surface area (Å²) >= 11 is 0. The summed E-state index contributed by atoms with van der Waals surface area (Å²) in [6, 6.07) is 0. The molecule has 0 heterocycles. The molecule has 0 aromatic heterocycles. The van der Waals surface area contributed by atoms with Gasteiger partial charge in [0.15, 0.2) is 0 Å². The summed E-state index contributed by atoms with van der Waals surface area (Å²) in [5, 5.41) is 0. The van der Waals surface area contributed by atoms with Gasteiger partial charge in [0.2, 0.25) is 0 Å². The Hall–Kier alpha value is -2.54. The molecule has 0 aromatic carbocycles. The van der Waals surface area contributed by atoms with Gasteiger partial charge in [-0.1, -0.05) is 24.3 Å². The van der Waals surface area contributed by atoms with Crippen LogP contribution in [0, 0.1) is 5.92 Å². The van der Waals surface area contributed by atoms with E-state index in [1.807, 2.05) is 36.5 Å². The van der Waals surface area contributed by atoms with Gasteiger partial charge in [-0.2, -0.15) is 9.58 Å². The van der Waals surface area contributed by atoms with Crippen LogP contribution < -0.4 is 0 Å². The zero-order valence-corrected chi connectivity index (χ0v) is 9.61. The summed E-state index contributed by atoms with van der Waals surface area (Å²) in [6.07, 6.45) is 14.3. The molecule has 0 saturated heterocycles. The number of hydrogen-bond donors (Lipinski definition) is 0. The Bertz CT molecular complexity index is 673. The average Bonchev–Trinajstić information content (AvgIpc) is 2.43. The van der Waals surface area contributed by atoms with Gasteiger partial charge in [-0.3, -0.25) is 0 Å². The fraction of sp³-hybridized carbons (Fsp3) is 0.143. The smallest absolute Gasteiger partial charge is 0.303 e. The Morgan fingerprint density at radius 3 is 2.83 bits per heavy atom. The highest BCUT2D eigenvalue weighted by Crippen LogP contribution is 2.33. The largest absolute Gasteiger partial charge is 0.361 e. The van der Waals surface area contributed by atoms with Crippen molar-refractivity contribution < 1.29 is 9.58 Å². The van der Waals surface area contributed by atoms with Crippen molar-refractivity contribution in [1.82, 2.24) is 0 Å². The first-order chi connectivity index (χ1) is 8.83. The lowest BCUT2D eigenvalue weighted by Crippen LogP contribution is -2.22. The van der Waals surface area contributed by atoms with Crippen molar-refractivity contribution in [2.24, 2.45) is 5.92 Å². The van der Waals surface area contributed by atoms with Crippen molar-refractivity contribution in [2.45, 2.75) is 6.42 Å². The van der Waals surface area contributed by atoms with Crippen LogP contribution in [-0.4, -0.2) is 21.0 Å². The number of rotatable bonds is 0. The van der Waals surface area contributed by atoms with Gasteiger partial charge < -0.3 is 11.1 Å². The van der Waals surface area contributed by atoms with Crippen molar-refractivity contribution in [3.05, 3.63) is 70.3 Å². The zero-order chi connectivity index (χ0) is 12.5. The van der Waals surface area contributed by atoms with Gasteiger partial charge in [0.05, 0.1) is 12.0 Å². The fourth-order valence-corrected chi connectivity index (χ4v) is 2.47. The van der Waals surface area contributed by atoms with Crippen LogP contribution in [-0.2, 0) is 0 Å². The molecular formula is C14H10N4. The molecule has 0 aromatic rings. The predicted octanol–water partition coefficient (Wildman–Crippen LogP) is 2.27. The van der Waals surface area contributed by atoms with Crippen LogP contribution in [0.15, 0.2) is 59.3 Å². The van der Waals surface area contributed by atoms with E-state index < -0.39 is 0 Å². The highest BCUT2D eigenvalue weighted by molar-refractivity contribution is 6.06. The summed E-state index contributed by atoms with van der Waals surface area (Å²) in [5.74, 6) is -0.0676.